The molecule has 27 heavy (non-hydrogen) atoms. The minimum absolute atomic E-state index is 0.0865. The predicted octanol–water partition coefficient (Wildman–Crippen LogP) is 4.51. The summed E-state index contributed by atoms with van der Waals surface area (Å²) in [5.41, 5.74) is 1.85. The molecule has 0 aromatic heterocycles. The molecule has 0 aliphatic rings. The van der Waals surface area contributed by atoms with E-state index in [4.69, 9.17) is 16.3 Å². The molecule has 0 atom stereocenters. The fourth-order valence-corrected chi connectivity index (χ4v) is 2.68. The fraction of sp³-hybridized carbons (Fsp3) is 0.143. The molecule has 0 aliphatic carbocycles. The first-order valence-corrected chi connectivity index (χ1v) is 8.73. The second kappa shape index (κ2) is 7.68. The van der Waals surface area contributed by atoms with Crippen LogP contribution in [-0.4, -0.2) is 22.8 Å². The molecule has 0 radical (unpaired) electrons. The highest BCUT2D eigenvalue weighted by molar-refractivity contribution is 6.30. The number of hydrazone groups is 1. The van der Waals surface area contributed by atoms with Gasteiger partial charge in [-0.3, -0.25) is 4.79 Å². The van der Waals surface area contributed by atoms with Gasteiger partial charge in [0.25, 0.3) is 5.91 Å². The van der Waals surface area contributed by atoms with E-state index < -0.39 is 11.5 Å². The number of hydrogen-bond donors (Lipinski definition) is 2. The zero-order valence-electron chi connectivity index (χ0n) is 14.9. The van der Waals surface area contributed by atoms with Gasteiger partial charge >= 0.3 is 0 Å². The van der Waals surface area contributed by atoms with Crippen LogP contribution in [0, 0.1) is 0 Å². The summed E-state index contributed by atoms with van der Waals surface area (Å²) in [7, 11) is 0. The summed E-state index contributed by atoms with van der Waals surface area (Å²) in [5.74, 6) is 0.187. The fourth-order valence-electron chi connectivity index (χ4n) is 2.55. The van der Waals surface area contributed by atoms with E-state index >= 15 is 0 Å². The highest BCUT2D eigenvalue weighted by Crippen LogP contribution is 2.25. The number of aromatic hydroxyl groups is 1. The highest BCUT2D eigenvalue weighted by atomic mass is 35.5. The first-order chi connectivity index (χ1) is 12.9. The van der Waals surface area contributed by atoms with E-state index in [-0.39, 0.29) is 5.75 Å². The number of halogens is 1. The molecule has 0 bridgehead atoms. The number of phenols is 1. The van der Waals surface area contributed by atoms with Crippen LogP contribution in [0.2, 0.25) is 5.02 Å². The zero-order chi connectivity index (χ0) is 19.4. The molecule has 6 heteroatoms. The van der Waals surface area contributed by atoms with Crippen molar-refractivity contribution in [3.05, 3.63) is 71.2 Å². The molecule has 3 rings (SSSR count). The third kappa shape index (κ3) is 4.38. The summed E-state index contributed by atoms with van der Waals surface area (Å²) in [6, 6.07) is 17.8. The Morgan fingerprint density at radius 3 is 2.56 bits per heavy atom. The maximum absolute atomic E-state index is 12.4. The lowest BCUT2D eigenvalue weighted by atomic mass is 10.0. The second-order valence-electron chi connectivity index (χ2n) is 6.48. The lowest BCUT2D eigenvalue weighted by Gasteiger charge is -2.24. The number of benzene rings is 3. The monoisotopic (exact) mass is 382 g/mol. The van der Waals surface area contributed by atoms with Crippen molar-refractivity contribution in [3.8, 4) is 11.5 Å². The van der Waals surface area contributed by atoms with E-state index in [9.17, 15) is 9.90 Å². The lowest BCUT2D eigenvalue weighted by Crippen LogP contribution is -2.44. The van der Waals surface area contributed by atoms with Gasteiger partial charge < -0.3 is 9.84 Å². The average Bonchev–Trinajstić information content (AvgIpc) is 2.65. The largest absolute Gasteiger partial charge is 0.507 e. The molecular formula is C21H19ClN2O3. The van der Waals surface area contributed by atoms with Gasteiger partial charge in [-0.1, -0.05) is 41.9 Å². The quantitative estimate of drug-likeness (QED) is 0.504. The predicted molar refractivity (Wildman–Crippen MR) is 108 cm³/mol. The van der Waals surface area contributed by atoms with E-state index in [1.54, 1.807) is 44.2 Å². The first kappa shape index (κ1) is 18.7. The standard InChI is InChI=1S/C21H19ClN2O3/c1-21(2,27-16-10-8-15(22)9-11-16)20(26)24-23-13-18-17-6-4-3-5-14(17)7-12-19(18)25/h3-13,25H,1-2H3,(H,24,26). The van der Waals surface area contributed by atoms with E-state index in [2.05, 4.69) is 10.5 Å². The molecule has 2 N–H and O–H groups in total. The van der Waals surface area contributed by atoms with Gasteiger partial charge in [0, 0.05) is 10.6 Å². The third-order valence-corrected chi connectivity index (χ3v) is 4.29. The van der Waals surface area contributed by atoms with Crippen LogP contribution >= 0.6 is 11.6 Å². The van der Waals surface area contributed by atoms with E-state index in [0.717, 1.165) is 10.8 Å². The Morgan fingerprint density at radius 1 is 1.11 bits per heavy atom. The van der Waals surface area contributed by atoms with Gasteiger partial charge in [0.1, 0.15) is 11.5 Å². The number of fused-ring (bicyclic) bond motifs is 1. The van der Waals surface area contributed by atoms with Crippen molar-refractivity contribution in [2.75, 3.05) is 0 Å². The van der Waals surface area contributed by atoms with Crippen molar-refractivity contribution in [1.82, 2.24) is 5.43 Å². The van der Waals surface area contributed by atoms with Gasteiger partial charge in [-0.05, 0) is 55.0 Å². The van der Waals surface area contributed by atoms with Crippen molar-refractivity contribution in [2.24, 2.45) is 5.10 Å². The van der Waals surface area contributed by atoms with Crippen molar-refractivity contribution in [3.63, 3.8) is 0 Å². The van der Waals surface area contributed by atoms with Crippen molar-refractivity contribution in [1.29, 1.82) is 0 Å². The number of ether oxygens (including phenoxy) is 1. The van der Waals surface area contributed by atoms with E-state index in [1.807, 2.05) is 30.3 Å². The number of phenolic OH excluding ortho intramolecular Hbond substituents is 1. The van der Waals surface area contributed by atoms with E-state index in [1.165, 1.54) is 6.21 Å². The molecule has 0 heterocycles. The molecule has 138 valence electrons. The van der Waals surface area contributed by atoms with Crippen LogP contribution in [0.4, 0.5) is 0 Å². The molecule has 3 aromatic carbocycles. The molecular weight excluding hydrogens is 364 g/mol. The van der Waals surface area contributed by atoms with Crippen LogP contribution in [0.5, 0.6) is 11.5 Å². The third-order valence-electron chi connectivity index (χ3n) is 4.04. The van der Waals surface area contributed by atoms with Crippen LogP contribution < -0.4 is 10.2 Å². The SMILES string of the molecule is CC(C)(Oc1ccc(Cl)cc1)C(=O)NN=Cc1c(O)ccc2ccccc12. The van der Waals surface area contributed by atoms with Gasteiger partial charge in [0.05, 0.1) is 6.21 Å². The number of nitrogens with zero attached hydrogens (tertiary/aromatic N) is 1. The Hall–Kier alpha value is -3.05. The maximum Gasteiger partial charge on any atom is 0.283 e. The molecule has 0 unspecified atom stereocenters. The van der Waals surface area contributed by atoms with Gasteiger partial charge in [-0.2, -0.15) is 5.10 Å². The van der Waals surface area contributed by atoms with Crippen molar-refractivity contribution in [2.45, 2.75) is 19.4 Å². The molecule has 0 aliphatic heterocycles. The van der Waals surface area contributed by atoms with Gasteiger partial charge in [0.15, 0.2) is 5.60 Å². The van der Waals surface area contributed by atoms with Crippen molar-refractivity contribution >= 4 is 34.5 Å². The van der Waals surface area contributed by atoms with Crippen molar-refractivity contribution < 1.29 is 14.6 Å². The Balaban J connectivity index is 1.73. The Bertz CT molecular complexity index is 998. The van der Waals surface area contributed by atoms with E-state index in [0.29, 0.717) is 16.3 Å². The molecule has 0 saturated heterocycles. The van der Waals surface area contributed by atoms with Crippen LogP contribution in [0.25, 0.3) is 10.8 Å². The minimum atomic E-state index is -1.15. The number of hydrogen-bond acceptors (Lipinski definition) is 4. The van der Waals surface area contributed by atoms with Gasteiger partial charge in [0.2, 0.25) is 0 Å². The number of amides is 1. The summed E-state index contributed by atoms with van der Waals surface area (Å²) < 4.78 is 5.72. The summed E-state index contributed by atoms with van der Waals surface area (Å²) >= 11 is 5.85. The lowest BCUT2D eigenvalue weighted by molar-refractivity contribution is -0.134. The molecule has 5 nitrogen and oxygen atoms in total. The van der Waals surface area contributed by atoms with Crippen LogP contribution in [0.15, 0.2) is 65.8 Å². The topological polar surface area (TPSA) is 70.9 Å². The zero-order valence-corrected chi connectivity index (χ0v) is 15.7. The first-order valence-electron chi connectivity index (χ1n) is 8.35. The van der Waals surface area contributed by atoms with Gasteiger partial charge in [-0.15, -0.1) is 0 Å². The molecule has 3 aromatic rings. The number of carbonyl (C=O) groups excluding carboxylic acids is 1. The van der Waals surface area contributed by atoms with Crippen LogP contribution in [0.1, 0.15) is 19.4 Å². The molecule has 0 saturated carbocycles. The Kier molecular flexibility index (Phi) is 5.33. The maximum atomic E-state index is 12.4. The average molecular weight is 383 g/mol. The normalized spacial score (nSPS) is 11.7. The molecule has 0 spiro atoms. The number of carbonyl (C=O) groups is 1. The number of nitrogens with one attached hydrogen (secondary N) is 1. The van der Waals surface area contributed by atoms with Crippen LogP contribution in [-0.2, 0) is 4.79 Å². The summed E-state index contributed by atoms with van der Waals surface area (Å²) in [6.07, 6.45) is 1.42. The van der Waals surface area contributed by atoms with Crippen LogP contribution in [0.3, 0.4) is 0 Å². The second-order valence-corrected chi connectivity index (χ2v) is 6.92. The summed E-state index contributed by atoms with van der Waals surface area (Å²) in [6.45, 7) is 3.28. The molecule has 1 amide bonds. The molecule has 0 fully saturated rings. The summed E-state index contributed by atoms with van der Waals surface area (Å²) in [4.78, 5) is 12.4. The number of rotatable bonds is 5. The summed E-state index contributed by atoms with van der Waals surface area (Å²) in [5, 5.41) is 16.5. The Morgan fingerprint density at radius 2 is 1.81 bits per heavy atom. The minimum Gasteiger partial charge on any atom is -0.507 e. The Labute approximate surface area is 162 Å². The van der Waals surface area contributed by atoms with Gasteiger partial charge in [-0.25, -0.2) is 5.43 Å². The smallest absolute Gasteiger partial charge is 0.283 e. The highest BCUT2D eigenvalue weighted by Gasteiger charge is 2.29.